The Morgan fingerprint density at radius 1 is 1.38 bits per heavy atom. The summed E-state index contributed by atoms with van der Waals surface area (Å²) in [6.07, 6.45) is 1.24. The first-order valence-corrected chi connectivity index (χ1v) is 9.65. The highest BCUT2D eigenvalue weighted by molar-refractivity contribution is 7.20. The maximum atomic E-state index is 12.7. The van der Waals surface area contributed by atoms with Gasteiger partial charge < -0.3 is 4.74 Å². The minimum absolute atomic E-state index is 0.0607. The van der Waals surface area contributed by atoms with Crippen LogP contribution >= 0.6 is 22.9 Å². The van der Waals surface area contributed by atoms with E-state index in [-0.39, 0.29) is 5.56 Å². The number of halogens is 1. The van der Waals surface area contributed by atoms with Gasteiger partial charge in [-0.2, -0.15) is 0 Å². The number of carbonyl (C=O) groups is 1. The number of ether oxygens (including phenoxy) is 1. The number of hydrogen-bond donors (Lipinski definition) is 0. The summed E-state index contributed by atoms with van der Waals surface area (Å²) >= 11 is 7.40. The molecule has 26 heavy (non-hydrogen) atoms. The number of benzene rings is 1. The molecular formula is C19H17ClN2O3S. The van der Waals surface area contributed by atoms with Crippen molar-refractivity contribution >= 4 is 39.1 Å². The molecule has 0 aliphatic carbocycles. The topological polar surface area (TPSA) is 61.2 Å². The van der Waals surface area contributed by atoms with E-state index in [1.54, 1.807) is 24.5 Å². The molecule has 1 aromatic carbocycles. The maximum Gasteiger partial charge on any atom is 0.349 e. The van der Waals surface area contributed by atoms with Gasteiger partial charge in [0.1, 0.15) is 21.6 Å². The number of esters is 1. The lowest BCUT2D eigenvalue weighted by Gasteiger charge is -2.14. The number of carbonyl (C=O) groups excluding carboxylic acids is 1. The highest BCUT2D eigenvalue weighted by Crippen LogP contribution is 2.31. The summed E-state index contributed by atoms with van der Waals surface area (Å²) in [4.78, 5) is 31.0. The Morgan fingerprint density at radius 2 is 2.15 bits per heavy atom. The van der Waals surface area contributed by atoms with Gasteiger partial charge in [-0.3, -0.25) is 9.36 Å². The number of thiophene rings is 1. The average Bonchev–Trinajstić information content (AvgIpc) is 3.20. The summed E-state index contributed by atoms with van der Waals surface area (Å²) in [6.45, 7) is 4.25. The molecule has 134 valence electrons. The van der Waals surface area contributed by atoms with Crippen molar-refractivity contribution in [2.45, 2.75) is 39.3 Å². The van der Waals surface area contributed by atoms with Gasteiger partial charge in [0.15, 0.2) is 0 Å². The van der Waals surface area contributed by atoms with Crippen molar-refractivity contribution in [2.75, 3.05) is 0 Å². The highest BCUT2D eigenvalue weighted by Gasteiger charge is 2.25. The zero-order valence-electron chi connectivity index (χ0n) is 14.4. The van der Waals surface area contributed by atoms with Crippen molar-refractivity contribution in [1.82, 2.24) is 9.55 Å². The quantitative estimate of drug-likeness (QED) is 0.628. The van der Waals surface area contributed by atoms with Crippen LogP contribution in [0, 0.1) is 6.92 Å². The van der Waals surface area contributed by atoms with Crippen LogP contribution in [-0.4, -0.2) is 15.5 Å². The third kappa shape index (κ3) is 2.73. The lowest BCUT2D eigenvalue weighted by Crippen LogP contribution is -2.20. The van der Waals surface area contributed by atoms with E-state index in [0.29, 0.717) is 32.2 Å². The molecular weight excluding hydrogens is 372 g/mol. The molecule has 7 heteroatoms. The van der Waals surface area contributed by atoms with Crippen molar-refractivity contribution < 1.29 is 9.53 Å². The Kier molecular flexibility index (Phi) is 4.32. The SMILES string of the molecule is Cc1c(C(=O)O[C@H](C)c2ccccc2Cl)sc2nc3n(c(=O)c12)CCC3. The van der Waals surface area contributed by atoms with Crippen molar-refractivity contribution in [3.63, 3.8) is 0 Å². The van der Waals surface area contributed by atoms with Crippen LogP contribution in [0.1, 0.15) is 46.1 Å². The lowest BCUT2D eigenvalue weighted by molar-refractivity contribution is 0.0343. The Hall–Kier alpha value is -2.18. The first-order chi connectivity index (χ1) is 12.5. The Bertz CT molecular complexity index is 1090. The normalized spacial score (nSPS) is 14.4. The van der Waals surface area contributed by atoms with Crippen LogP contribution in [0.15, 0.2) is 29.1 Å². The van der Waals surface area contributed by atoms with Gasteiger partial charge in [-0.1, -0.05) is 29.8 Å². The summed E-state index contributed by atoms with van der Waals surface area (Å²) in [6, 6.07) is 7.27. The van der Waals surface area contributed by atoms with E-state index in [0.717, 1.165) is 24.2 Å². The molecule has 0 radical (unpaired) electrons. The van der Waals surface area contributed by atoms with Crippen molar-refractivity contribution in [2.24, 2.45) is 0 Å². The number of hydrogen-bond acceptors (Lipinski definition) is 5. The molecule has 3 heterocycles. The first kappa shape index (κ1) is 17.2. The molecule has 0 saturated carbocycles. The monoisotopic (exact) mass is 388 g/mol. The Labute approximate surface area is 159 Å². The molecule has 1 aliphatic heterocycles. The van der Waals surface area contributed by atoms with E-state index < -0.39 is 12.1 Å². The van der Waals surface area contributed by atoms with Crippen molar-refractivity contribution in [1.29, 1.82) is 0 Å². The Balaban J connectivity index is 1.70. The Morgan fingerprint density at radius 3 is 2.92 bits per heavy atom. The van der Waals surface area contributed by atoms with Gasteiger partial charge in [-0.15, -0.1) is 11.3 Å². The molecule has 0 unspecified atom stereocenters. The third-order valence-corrected chi connectivity index (χ3v) is 6.23. The third-order valence-electron chi connectivity index (χ3n) is 4.72. The molecule has 0 fully saturated rings. The van der Waals surface area contributed by atoms with Crippen molar-refractivity contribution in [3.8, 4) is 0 Å². The largest absolute Gasteiger partial charge is 0.454 e. The van der Waals surface area contributed by atoms with E-state index >= 15 is 0 Å². The molecule has 1 aliphatic rings. The predicted molar refractivity (Wildman–Crippen MR) is 102 cm³/mol. The van der Waals surface area contributed by atoms with Gasteiger partial charge in [0.2, 0.25) is 0 Å². The van der Waals surface area contributed by atoms with Crippen LogP contribution in [0.25, 0.3) is 10.2 Å². The summed E-state index contributed by atoms with van der Waals surface area (Å²) < 4.78 is 7.32. The molecule has 2 aromatic heterocycles. The minimum atomic E-state index is -0.486. The molecule has 4 rings (SSSR count). The van der Waals surface area contributed by atoms with E-state index in [1.807, 2.05) is 18.2 Å². The molecule has 0 bridgehead atoms. The zero-order chi connectivity index (χ0) is 18.4. The number of nitrogens with zero attached hydrogens (tertiary/aromatic N) is 2. The second kappa shape index (κ2) is 6.52. The van der Waals surface area contributed by atoms with Crippen LogP contribution in [0.4, 0.5) is 0 Å². The number of aryl methyl sites for hydroxylation is 2. The molecule has 0 spiro atoms. The summed E-state index contributed by atoms with van der Waals surface area (Å²) in [5.41, 5.74) is 1.33. The zero-order valence-corrected chi connectivity index (χ0v) is 16.0. The average molecular weight is 389 g/mol. The van der Waals surface area contributed by atoms with Crippen LogP contribution < -0.4 is 5.56 Å². The van der Waals surface area contributed by atoms with Gasteiger partial charge in [0.25, 0.3) is 5.56 Å². The van der Waals surface area contributed by atoms with Gasteiger partial charge in [0.05, 0.1) is 5.39 Å². The van der Waals surface area contributed by atoms with Gasteiger partial charge in [0, 0.05) is 23.6 Å². The predicted octanol–water partition coefficient (Wildman–Crippen LogP) is 4.28. The fourth-order valence-corrected chi connectivity index (χ4v) is 4.72. The fourth-order valence-electron chi connectivity index (χ4n) is 3.35. The standard InChI is InChI=1S/C19H17ClN2O3S/c1-10-15-17(21-14-8-5-9-22(14)18(15)23)26-16(10)19(24)25-11(2)12-6-3-4-7-13(12)20/h3-4,6-7,11H,5,8-9H2,1-2H3/t11-/m1/s1. The van der Waals surface area contributed by atoms with E-state index in [1.165, 1.54) is 11.3 Å². The minimum Gasteiger partial charge on any atom is -0.454 e. The summed E-state index contributed by atoms with van der Waals surface area (Å²) in [7, 11) is 0. The molecule has 1 atom stereocenters. The lowest BCUT2D eigenvalue weighted by atomic mass is 10.1. The number of aromatic nitrogens is 2. The smallest absolute Gasteiger partial charge is 0.349 e. The molecule has 5 nitrogen and oxygen atoms in total. The molecule has 3 aromatic rings. The summed E-state index contributed by atoms with van der Waals surface area (Å²) in [5, 5.41) is 1.08. The highest BCUT2D eigenvalue weighted by atomic mass is 35.5. The van der Waals surface area contributed by atoms with Crippen LogP contribution in [-0.2, 0) is 17.7 Å². The summed E-state index contributed by atoms with van der Waals surface area (Å²) in [5.74, 6) is 0.343. The van der Waals surface area contributed by atoms with Crippen LogP contribution in [0.5, 0.6) is 0 Å². The fraction of sp³-hybridized carbons (Fsp3) is 0.316. The van der Waals surface area contributed by atoms with Gasteiger partial charge in [-0.05, 0) is 31.9 Å². The van der Waals surface area contributed by atoms with Crippen LogP contribution in [0.3, 0.4) is 0 Å². The second-order valence-electron chi connectivity index (χ2n) is 6.39. The van der Waals surface area contributed by atoms with E-state index in [2.05, 4.69) is 4.98 Å². The number of fused-ring (bicyclic) bond motifs is 2. The number of rotatable bonds is 3. The second-order valence-corrected chi connectivity index (χ2v) is 7.80. The van der Waals surface area contributed by atoms with Gasteiger partial charge >= 0.3 is 5.97 Å². The molecule has 0 N–H and O–H groups in total. The van der Waals surface area contributed by atoms with E-state index in [4.69, 9.17) is 16.3 Å². The maximum absolute atomic E-state index is 12.7. The molecule has 0 saturated heterocycles. The van der Waals surface area contributed by atoms with Crippen molar-refractivity contribution in [3.05, 3.63) is 61.5 Å². The van der Waals surface area contributed by atoms with Crippen LogP contribution in [0.2, 0.25) is 5.02 Å². The molecule has 0 amide bonds. The first-order valence-electron chi connectivity index (χ1n) is 8.45. The van der Waals surface area contributed by atoms with Gasteiger partial charge in [-0.25, -0.2) is 9.78 Å². The van der Waals surface area contributed by atoms with E-state index in [9.17, 15) is 9.59 Å².